The molecule has 0 aliphatic heterocycles. The van der Waals surface area contributed by atoms with Gasteiger partial charge in [0, 0.05) is 45.1 Å². The molecule has 9 heteroatoms. The highest BCUT2D eigenvalue weighted by Crippen LogP contribution is 2.23. The number of non-ortho nitro benzene ring substituents is 1. The smallest absolute Gasteiger partial charge is 0.341 e. The lowest BCUT2D eigenvalue weighted by atomic mass is 10.1. The number of likely N-dealkylation sites (N-methyl/N-ethyl adjacent to an activating group) is 1. The maximum atomic E-state index is 12.5. The molecule has 1 amide bonds. The summed E-state index contributed by atoms with van der Waals surface area (Å²) in [7, 11) is 3.14. The standard InChI is InChI=1S/C20H23N3O6/c1-22(13-15-6-4-3-5-7-15)19(24)14-29-20(25)17-12-16(23(26)27)8-9-18(17)21-10-11-28-2/h3-9,12,21H,10-11,13-14H2,1-2H3. The van der Waals surface area contributed by atoms with E-state index in [4.69, 9.17) is 9.47 Å². The van der Waals surface area contributed by atoms with Crippen LogP contribution in [0.5, 0.6) is 0 Å². The molecular weight excluding hydrogens is 378 g/mol. The predicted octanol–water partition coefficient (Wildman–Crippen LogP) is 2.47. The van der Waals surface area contributed by atoms with Gasteiger partial charge in [-0.3, -0.25) is 14.9 Å². The number of carbonyl (C=O) groups excluding carboxylic acids is 2. The van der Waals surface area contributed by atoms with Gasteiger partial charge in [0.1, 0.15) is 0 Å². The number of ether oxygens (including phenoxy) is 2. The number of hydrogen-bond acceptors (Lipinski definition) is 7. The molecule has 0 radical (unpaired) electrons. The first-order valence-electron chi connectivity index (χ1n) is 8.88. The number of nitro groups is 1. The molecular formula is C20H23N3O6. The van der Waals surface area contributed by atoms with Gasteiger partial charge in [-0.15, -0.1) is 0 Å². The fourth-order valence-corrected chi connectivity index (χ4v) is 2.52. The summed E-state index contributed by atoms with van der Waals surface area (Å²) in [5.74, 6) is -1.21. The Morgan fingerprint density at radius 3 is 2.55 bits per heavy atom. The first kappa shape index (κ1) is 21.8. The monoisotopic (exact) mass is 401 g/mol. The minimum absolute atomic E-state index is 0.0196. The van der Waals surface area contributed by atoms with E-state index in [0.717, 1.165) is 11.6 Å². The van der Waals surface area contributed by atoms with E-state index in [1.54, 1.807) is 7.05 Å². The molecule has 0 saturated heterocycles. The minimum atomic E-state index is -0.824. The topological polar surface area (TPSA) is 111 Å². The van der Waals surface area contributed by atoms with Gasteiger partial charge in [0.05, 0.1) is 17.1 Å². The quantitative estimate of drug-likeness (QED) is 0.282. The number of nitrogens with one attached hydrogen (secondary N) is 1. The highest BCUT2D eigenvalue weighted by molar-refractivity contribution is 5.97. The summed E-state index contributed by atoms with van der Waals surface area (Å²) in [5, 5.41) is 14.0. The van der Waals surface area contributed by atoms with Crippen LogP contribution in [0, 0.1) is 10.1 Å². The Balaban J connectivity index is 2.03. The molecule has 0 aliphatic rings. The van der Waals surface area contributed by atoms with Gasteiger partial charge in [-0.1, -0.05) is 30.3 Å². The van der Waals surface area contributed by atoms with Crippen molar-refractivity contribution in [3.8, 4) is 0 Å². The number of nitro benzene ring substituents is 1. The van der Waals surface area contributed by atoms with E-state index in [0.29, 0.717) is 25.4 Å². The number of rotatable bonds is 10. The van der Waals surface area contributed by atoms with Crippen LogP contribution in [-0.2, 0) is 20.8 Å². The zero-order chi connectivity index (χ0) is 21.2. The first-order valence-corrected chi connectivity index (χ1v) is 8.88. The normalized spacial score (nSPS) is 10.3. The summed E-state index contributed by atoms with van der Waals surface area (Å²) in [6.45, 7) is 0.682. The molecule has 29 heavy (non-hydrogen) atoms. The number of methoxy groups -OCH3 is 1. The van der Waals surface area contributed by atoms with Crippen molar-refractivity contribution in [3.63, 3.8) is 0 Å². The van der Waals surface area contributed by atoms with E-state index in [-0.39, 0.29) is 17.2 Å². The van der Waals surface area contributed by atoms with Crippen LogP contribution in [-0.4, -0.2) is 55.6 Å². The number of benzene rings is 2. The Kier molecular flexibility index (Phi) is 8.11. The van der Waals surface area contributed by atoms with Crippen LogP contribution in [0.25, 0.3) is 0 Å². The van der Waals surface area contributed by atoms with Crippen LogP contribution in [0.15, 0.2) is 48.5 Å². The molecule has 2 aromatic rings. The number of hydrogen-bond donors (Lipinski definition) is 1. The van der Waals surface area contributed by atoms with Crippen LogP contribution in [0.2, 0.25) is 0 Å². The van der Waals surface area contributed by atoms with Gasteiger partial charge < -0.3 is 19.7 Å². The second kappa shape index (κ2) is 10.8. The number of anilines is 1. The molecule has 1 N–H and O–H groups in total. The molecule has 9 nitrogen and oxygen atoms in total. The molecule has 0 atom stereocenters. The molecule has 0 heterocycles. The largest absolute Gasteiger partial charge is 0.452 e. The second-order valence-electron chi connectivity index (χ2n) is 6.22. The summed E-state index contributed by atoms with van der Waals surface area (Å²) in [5.41, 5.74) is 1.04. The van der Waals surface area contributed by atoms with Gasteiger partial charge in [0.2, 0.25) is 0 Å². The molecule has 0 aromatic heterocycles. The third-order valence-corrected chi connectivity index (χ3v) is 4.07. The van der Waals surface area contributed by atoms with Crippen LogP contribution in [0.1, 0.15) is 15.9 Å². The maximum absolute atomic E-state index is 12.5. The molecule has 2 rings (SSSR count). The van der Waals surface area contributed by atoms with Crippen LogP contribution >= 0.6 is 0 Å². The number of carbonyl (C=O) groups is 2. The van der Waals surface area contributed by atoms with E-state index in [9.17, 15) is 19.7 Å². The second-order valence-corrected chi connectivity index (χ2v) is 6.22. The van der Waals surface area contributed by atoms with Gasteiger partial charge in [0.15, 0.2) is 6.61 Å². The van der Waals surface area contributed by atoms with Gasteiger partial charge >= 0.3 is 5.97 Å². The van der Waals surface area contributed by atoms with Crippen molar-refractivity contribution >= 4 is 23.3 Å². The Morgan fingerprint density at radius 1 is 1.17 bits per heavy atom. The van der Waals surface area contributed by atoms with Crippen molar-refractivity contribution in [2.24, 2.45) is 0 Å². The van der Waals surface area contributed by atoms with Gasteiger partial charge in [-0.2, -0.15) is 0 Å². The summed E-state index contributed by atoms with van der Waals surface area (Å²) in [6.07, 6.45) is 0. The van der Waals surface area contributed by atoms with E-state index in [2.05, 4.69) is 5.32 Å². The summed E-state index contributed by atoms with van der Waals surface area (Å²) < 4.78 is 10.0. The Hall–Kier alpha value is -3.46. The molecule has 0 unspecified atom stereocenters. The maximum Gasteiger partial charge on any atom is 0.341 e. The highest BCUT2D eigenvalue weighted by atomic mass is 16.6. The van der Waals surface area contributed by atoms with Gasteiger partial charge in [-0.05, 0) is 11.6 Å². The van der Waals surface area contributed by atoms with Crippen LogP contribution < -0.4 is 5.32 Å². The van der Waals surface area contributed by atoms with Crippen molar-refractivity contribution in [2.45, 2.75) is 6.54 Å². The molecule has 0 spiro atoms. The Morgan fingerprint density at radius 2 is 1.90 bits per heavy atom. The van der Waals surface area contributed by atoms with Crippen molar-refractivity contribution in [3.05, 3.63) is 69.8 Å². The Labute approximate surface area is 168 Å². The number of nitrogens with zero attached hydrogens (tertiary/aromatic N) is 2. The molecule has 0 fully saturated rings. The van der Waals surface area contributed by atoms with Gasteiger partial charge in [-0.25, -0.2) is 4.79 Å². The lowest BCUT2D eigenvalue weighted by Crippen LogP contribution is -2.31. The Bertz CT molecular complexity index is 857. The van der Waals surface area contributed by atoms with Crippen molar-refractivity contribution in [1.29, 1.82) is 0 Å². The van der Waals surface area contributed by atoms with Crippen LogP contribution in [0.3, 0.4) is 0 Å². The van der Waals surface area contributed by atoms with Crippen molar-refractivity contribution in [1.82, 2.24) is 4.90 Å². The number of esters is 1. The molecule has 0 bridgehead atoms. The molecule has 0 saturated carbocycles. The number of amides is 1. The fourth-order valence-electron chi connectivity index (χ4n) is 2.52. The third-order valence-electron chi connectivity index (χ3n) is 4.07. The zero-order valence-corrected chi connectivity index (χ0v) is 16.3. The average molecular weight is 401 g/mol. The lowest BCUT2D eigenvalue weighted by Gasteiger charge is -2.17. The summed E-state index contributed by atoms with van der Waals surface area (Å²) in [6, 6.07) is 13.2. The lowest BCUT2D eigenvalue weighted by molar-refractivity contribution is -0.384. The summed E-state index contributed by atoms with van der Waals surface area (Å²) in [4.78, 5) is 36.6. The summed E-state index contributed by atoms with van der Waals surface area (Å²) >= 11 is 0. The predicted molar refractivity (Wildman–Crippen MR) is 107 cm³/mol. The van der Waals surface area contributed by atoms with Crippen molar-refractivity contribution < 1.29 is 24.0 Å². The highest BCUT2D eigenvalue weighted by Gasteiger charge is 2.20. The van der Waals surface area contributed by atoms with E-state index in [1.165, 1.54) is 24.1 Å². The minimum Gasteiger partial charge on any atom is -0.452 e. The van der Waals surface area contributed by atoms with E-state index >= 15 is 0 Å². The third kappa shape index (κ3) is 6.58. The van der Waals surface area contributed by atoms with Gasteiger partial charge in [0.25, 0.3) is 11.6 Å². The van der Waals surface area contributed by atoms with Crippen LogP contribution in [0.4, 0.5) is 11.4 Å². The van der Waals surface area contributed by atoms with E-state index < -0.39 is 17.5 Å². The van der Waals surface area contributed by atoms with E-state index in [1.807, 2.05) is 30.3 Å². The first-order chi connectivity index (χ1) is 13.9. The average Bonchev–Trinajstić information content (AvgIpc) is 2.72. The fraction of sp³-hybridized carbons (Fsp3) is 0.300. The molecule has 2 aromatic carbocycles. The zero-order valence-electron chi connectivity index (χ0n) is 16.3. The molecule has 154 valence electrons. The SMILES string of the molecule is COCCNc1ccc([N+](=O)[O-])cc1C(=O)OCC(=O)N(C)Cc1ccccc1. The van der Waals surface area contributed by atoms with Crippen molar-refractivity contribution in [2.75, 3.05) is 39.2 Å². The molecule has 0 aliphatic carbocycles.